The molecule has 1 fully saturated rings. The van der Waals surface area contributed by atoms with Crippen LogP contribution in [0.2, 0.25) is 0 Å². The highest BCUT2D eigenvalue weighted by atomic mass is 19.3. The van der Waals surface area contributed by atoms with Crippen molar-refractivity contribution in [2.75, 3.05) is 18.0 Å². The number of benzene rings is 1. The Kier molecular flexibility index (Phi) is 5.57. The Hall–Kier alpha value is -3.16. The summed E-state index contributed by atoms with van der Waals surface area (Å²) in [5.41, 5.74) is 4.15. The number of halogens is 2. The first-order valence-corrected chi connectivity index (χ1v) is 9.90. The van der Waals surface area contributed by atoms with E-state index in [1.165, 1.54) is 6.07 Å². The molecular formula is C22H23F2N3O3. The van der Waals surface area contributed by atoms with Crippen molar-refractivity contribution in [3.05, 3.63) is 59.5 Å². The summed E-state index contributed by atoms with van der Waals surface area (Å²) in [5.74, 6) is -0.863. The molecular weight excluding hydrogens is 392 g/mol. The minimum absolute atomic E-state index is 0.161. The Morgan fingerprint density at radius 1 is 1.23 bits per heavy atom. The lowest BCUT2D eigenvalue weighted by molar-refractivity contribution is -0.142. The number of fused-ring (bicyclic) bond motifs is 1. The Labute approximate surface area is 172 Å². The lowest BCUT2D eigenvalue weighted by atomic mass is 9.97. The van der Waals surface area contributed by atoms with Crippen LogP contribution in [0.4, 0.5) is 14.5 Å². The molecule has 0 unspecified atom stereocenters. The van der Waals surface area contributed by atoms with Crippen LogP contribution in [0, 0.1) is 12.8 Å². The van der Waals surface area contributed by atoms with E-state index in [0.29, 0.717) is 37.9 Å². The number of ether oxygens (including phenoxy) is 1. The van der Waals surface area contributed by atoms with Gasteiger partial charge in [-0.05, 0) is 38.0 Å². The van der Waals surface area contributed by atoms with E-state index in [-0.39, 0.29) is 11.7 Å². The number of nitrogens with zero attached hydrogens (tertiary/aromatic N) is 3. The molecule has 1 N–H and O–H groups in total. The average Bonchev–Trinajstić information content (AvgIpc) is 3.03. The topological polar surface area (TPSA) is 67.1 Å². The summed E-state index contributed by atoms with van der Waals surface area (Å²) in [5, 5.41) is 9.20. The number of rotatable bonds is 6. The minimum Gasteiger partial charge on any atom is -0.481 e. The maximum atomic E-state index is 12.8. The van der Waals surface area contributed by atoms with Crippen LogP contribution < -0.4 is 9.64 Å². The molecule has 0 aliphatic carbocycles. The van der Waals surface area contributed by atoms with E-state index in [2.05, 4.69) is 14.6 Å². The van der Waals surface area contributed by atoms with Crippen LogP contribution in [0.25, 0.3) is 5.65 Å². The van der Waals surface area contributed by atoms with Gasteiger partial charge in [-0.2, -0.15) is 8.78 Å². The standard InChI is InChI=1S/C22H23F2N3O3/c1-14-18(12-16-4-2-3-5-19(16)30-22(23)24)27-13-17(6-7-20(27)25-14)26-10-8-15(9-11-26)21(28)29/h2-7,13,15,22H,8-12H2,1H3,(H,28,29). The zero-order chi connectivity index (χ0) is 21.3. The van der Waals surface area contributed by atoms with E-state index in [9.17, 15) is 18.7 Å². The van der Waals surface area contributed by atoms with Gasteiger partial charge in [0.25, 0.3) is 0 Å². The first-order chi connectivity index (χ1) is 14.4. The number of carboxylic acid groups (broad SMARTS) is 1. The molecule has 2 aromatic heterocycles. The van der Waals surface area contributed by atoms with Crippen LogP contribution in [0.1, 0.15) is 29.8 Å². The highest BCUT2D eigenvalue weighted by molar-refractivity contribution is 5.70. The molecule has 4 rings (SSSR count). The number of aromatic nitrogens is 2. The fourth-order valence-electron chi connectivity index (χ4n) is 4.03. The van der Waals surface area contributed by atoms with E-state index < -0.39 is 12.6 Å². The van der Waals surface area contributed by atoms with Gasteiger partial charge in [0.05, 0.1) is 17.3 Å². The van der Waals surface area contributed by atoms with E-state index in [0.717, 1.165) is 22.7 Å². The molecule has 30 heavy (non-hydrogen) atoms. The molecule has 1 saturated heterocycles. The van der Waals surface area contributed by atoms with Crippen LogP contribution in [-0.2, 0) is 11.2 Å². The van der Waals surface area contributed by atoms with Gasteiger partial charge in [0, 0.05) is 37.0 Å². The van der Waals surface area contributed by atoms with E-state index in [1.54, 1.807) is 18.2 Å². The molecule has 0 amide bonds. The van der Waals surface area contributed by atoms with Crippen molar-refractivity contribution in [1.82, 2.24) is 9.38 Å². The number of hydrogen-bond donors (Lipinski definition) is 1. The lowest BCUT2D eigenvalue weighted by Gasteiger charge is -2.32. The molecule has 158 valence electrons. The summed E-state index contributed by atoms with van der Waals surface area (Å²) in [6, 6.07) is 10.7. The van der Waals surface area contributed by atoms with E-state index >= 15 is 0 Å². The SMILES string of the molecule is Cc1nc2ccc(N3CCC(C(=O)O)CC3)cn2c1Cc1ccccc1OC(F)F. The molecule has 6 nitrogen and oxygen atoms in total. The molecule has 3 heterocycles. The van der Waals surface area contributed by atoms with Crippen molar-refractivity contribution in [2.45, 2.75) is 32.8 Å². The number of para-hydroxylation sites is 1. The summed E-state index contributed by atoms with van der Waals surface area (Å²) < 4.78 is 32.2. The van der Waals surface area contributed by atoms with Gasteiger partial charge >= 0.3 is 12.6 Å². The number of aliphatic carboxylic acids is 1. The summed E-state index contributed by atoms with van der Waals surface area (Å²) in [7, 11) is 0. The lowest BCUT2D eigenvalue weighted by Crippen LogP contribution is -2.36. The number of imidazole rings is 1. The number of alkyl halides is 2. The number of carbonyl (C=O) groups is 1. The van der Waals surface area contributed by atoms with Gasteiger partial charge < -0.3 is 19.1 Å². The van der Waals surface area contributed by atoms with Crippen LogP contribution in [0.15, 0.2) is 42.6 Å². The monoisotopic (exact) mass is 415 g/mol. The molecule has 1 aliphatic heterocycles. The second kappa shape index (κ2) is 8.30. The van der Waals surface area contributed by atoms with Crippen LogP contribution in [0.5, 0.6) is 5.75 Å². The molecule has 0 radical (unpaired) electrons. The van der Waals surface area contributed by atoms with Crippen molar-refractivity contribution in [3.63, 3.8) is 0 Å². The van der Waals surface area contributed by atoms with Crippen LogP contribution in [-0.4, -0.2) is 40.2 Å². The Bertz CT molecular complexity index is 1060. The quantitative estimate of drug-likeness (QED) is 0.656. The maximum Gasteiger partial charge on any atom is 0.387 e. The fourth-order valence-corrected chi connectivity index (χ4v) is 4.03. The third-order valence-corrected chi connectivity index (χ3v) is 5.66. The summed E-state index contributed by atoms with van der Waals surface area (Å²) >= 11 is 0. The summed E-state index contributed by atoms with van der Waals surface area (Å²) in [6.45, 7) is 0.374. The van der Waals surface area contributed by atoms with E-state index in [4.69, 9.17) is 0 Å². The third kappa shape index (κ3) is 4.08. The Balaban J connectivity index is 1.63. The first kappa shape index (κ1) is 20.1. The molecule has 1 aliphatic rings. The fraction of sp³-hybridized carbons (Fsp3) is 0.364. The molecule has 0 atom stereocenters. The zero-order valence-corrected chi connectivity index (χ0v) is 16.6. The Morgan fingerprint density at radius 2 is 1.97 bits per heavy atom. The van der Waals surface area contributed by atoms with Crippen molar-refractivity contribution in [2.24, 2.45) is 5.92 Å². The third-order valence-electron chi connectivity index (χ3n) is 5.66. The highest BCUT2D eigenvalue weighted by Gasteiger charge is 2.25. The van der Waals surface area contributed by atoms with Crippen molar-refractivity contribution in [1.29, 1.82) is 0 Å². The van der Waals surface area contributed by atoms with Crippen LogP contribution >= 0.6 is 0 Å². The van der Waals surface area contributed by atoms with Gasteiger partial charge in [0.15, 0.2) is 0 Å². The highest BCUT2D eigenvalue weighted by Crippen LogP contribution is 2.28. The first-order valence-electron chi connectivity index (χ1n) is 9.90. The summed E-state index contributed by atoms with van der Waals surface area (Å²) in [4.78, 5) is 18.0. The van der Waals surface area contributed by atoms with Crippen molar-refractivity contribution < 1.29 is 23.4 Å². The predicted octanol–water partition coefficient (Wildman–Crippen LogP) is 4.14. The van der Waals surface area contributed by atoms with Crippen molar-refractivity contribution >= 4 is 17.3 Å². The molecule has 0 bridgehead atoms. The number of hydrogen-bond acceptors (Lipinski definition) is 4. The van der Waals surface area contributed by atoms with E-state index in [1.807, 2.05) is 29.7 Å². The Morgan fingerprint density at radius 3 is 2.67 bits per heavy atom. The van der Waals surface area contributed by atoms with Crippen molar-refractivity contribution in [3.8, 4) is 5.75 Å². The van der Waals surface area contributed by atoms with Crippen LogP contribution in [0.3, 0.4) is 0 Å². The summed E-state index contributed by atoms with van der Waals surface area (Å²) in [6.07, 6.45) is 3.62. The largest absolute Gasteiger partial charge is 0.481 e. The number of anilines is 1. The normalized spacial score (nSPS) is 15.1. The number of pyridine rings is 1. The number of piperidine rings is 1. The number of aryl methyl sites for hydroxylation is 1. The average molecular weight is 415 g/mol. The molecule has 0 spiro atoms. The maximum absolute atomic E-state index is 12.8. The number of carboxylic acids is 1. The van der Waals surface area contributed by atoms with Gasteiger partial charge in [0.2, 0.25) is 0 Å². The molecule has 3 aromatic rings. The second-order valence-electron chi connectivity index (χ2n) is 7.52. The zero-order valence-electron chi connectivity index (χ0n) is 16.6. The second-order valence-corrected chi connectivity index (χ2v) is 7.52. The molecule has 1 aromatic carbocycles. The van der Waals surface area contributed by atoms with Gasteiger partial charge in [-0.25, -0.2) is 4.98 Å². The van der Waals surface area contributed by atoms with Gasteiger partial charge in [-0.3, -0.25) is 4.79 Å². The van der Waals surface area contributed by atoms with Gasteiger partial charge in [-0.1, -0.05) is 18.2 Å². The predicted molar refractivity (Wildman–Crippen MR) is 108 cm³/mol. The smallest absolute Gasteiger partial charge is 0.387 e. The van der Waals surface area contributed by atoms with Gasteiger partial charge in [0.1, 0.15) is 11.4 Å². The molecule has 8 heteroatoms. The minimum atomic E-state index is -2.88. The van der Waals surface area contributed by atoms with Gasteiger partial charge in [-0.15, -0.1) is 0 Å². The molecule has 0 saturated carbocycles.